The minimum Gasteiger partial charge on any atom is -0.273 e. The van der Waals surface area contributed by atoms with Gasteiger partial charge >= 0.3 is 0 Å². The lowest BCUT2D eigenvalue weighted by Crippen LogP contribution is -2.43. The summed E-state index contributed by atoms with van der Waals surface area (Å²) in [5, 5.41) is 5.05. The Labute approximate surface area is 199 Å². The quantitative estimate of drug-likeness (QED) is 0.315. The number of hydrogen-bond acceptors (Lipinski definition) is 5. The summed E-state index contributed by atoms with van der Waals surface area (Å²) in [7, 11) is 0. The molecule has 2 amide bonds. The average molecular weight is 477 g/mol. The first-order chi connectivity index (χ1) is 16.5. The van der Waals surface area contributed by atoms with Gasteiger partial charge in [-0.25, -0.2) is 9.07 Å². The van der Waals surface area contributed by atoms with Gasteiger partial charge < -0.3 is 0 Å². The highest BCUT2D eigenvalue weighted by Crippen LogP contribution is 2.18. The Kier molecular flexibility index (Phi) is 7.34. The van der Waals surface area contributed by atoms with Crippen molar-refractivity contribution < 1.29 is 14.0 Å². The summed E-state index contributed by atoms with van der Waals surface area (Å²) in [6.45, 7) is 0.206. The maximum atomic E-state index is 13.0. The molecule has 0 aliphatic carbocycles. The van der Waals surface area contributed by atoms with Gasteiger partial charge in [0, 0.05) is 22.5 Å². The average Bonchev–Trinajstić information content (AvgIpc) is 2.86. The molecule has 0 fully saturated rings. The second-order valence-electron chi connectivity index (χ2n) is 7.40. The van der Waals surface area contributed by atoms with Crippen molar-refractivity contribution in [1.82, 2.24) is 20.6 Å². The van der Waals surface area contributed by atoms with Crippen molar-refractivity contribution in [2.75, 3.05) is 5.75 Å². The van der Waals surface area contributed by atoms with Crippen LogP contribution in [-0.2, 0) is 11.3 Å². The molecular formula is C25H21FN4O3S. The van der Waals surface area contributed by atoms with Crippen molar-refractivity contribution in [3.8, 4) is 0 Å². The van der Waals surface area contributed by atoms with Crippen molar-refractivity contribution in [3.63, 3.8) is 0 Å². The van der Waals surface area contributed by atoms with E-state index in [4.69, 9.17) is 0 Å². The zero-order valence-electron chi connectivity index (χ0n) is 18.0. The van der Waals surface area contributed by atoms with Crippen LogP contribution < -0.4 is 16.4 Å². The van der Waals surface area contributed by atoms with Gasteiger partial charge in [-0.1, -0.05) is 48.5 Å². The number of amides is 2. The molecule has 0 saturated carbocycles. The number of rotatable bonds is 7. The number of nitrogens with zero attached hydrogens (tertiary/aromatic N) is 2. The molecule has 1 aromatic heterocycles. The molecule has 1 heterocycles. The van der Waals surface area contributed by atoms with Crippen LogP contribution in [0.25, 0.3) is 10.8 Å². The molecule has 2 N–H and O–H groups in total. The van der Waals surface area contributed by atoms with Gasteiger partial charge in [0.1, 0.15) is 5.82 Å². The van der Waals surface area contributed by atoms with Crippen LogP contribution in [0.4, 0.5) is 4.39 Å². The molecule has 172 valence electrons. The van der Waals surface area contributed by atoms with E-state index >= 15 is 0 Å². The molecule has 0 radical (unpaired) electrons. The zero-order valence-corrected chi connectivity index (χ0v) is 18.8. The van der Waals surface area contributed by atoms with Gasteiger partial charge in [-0.15, -0.1) is 11.8 Å². The normalized spacial score (nSPS) is 10.7. The lowest BCUT2D eigenvalue weighted by molar-refractivity contribution is -0.121. The Morgan fingerprint density at radius 2 is 1.56 bits per heavy atom. The summed E-state index contributed by atoms with van der Waals surface area (Å²) in [6.07, 6.45) is 0.143. The zero-order chi connectivity index (χ0) is 23.9. The predicted molar refractivity (Wildman–Crippen MR) is 129 cm³/mol. The molecule has 4 rings (SSSR count). The molecule has 0 spiro atoms. The number of hydrazine groups is 1. The minimum absolute atomic E-state index is 0.0344. The van der Waals surface area contributed by atoms with Gasteiger partial charge in [0.25, 0.3) is 11.5 Å². The molecule has 4 aromatic rings. The van der Waals surface area contributed by atoms with E-state index in [1.54, 1.807) is 36.4 Å². The fourth-order valence-electron chi connectivity index (χ4n) is 3.31. The van der Waals surface area contributed by atoms with E-state index in [-0.39, 0.29) is 35.9 Å². The van der Waals surface area contributed by atoms with Crippen LogP contribution >= 0.6 is 11.8 Å². The van der Waals surface area contributed by atoms with E-state index in [0.29, 0.717) is 16.5 Å². The molecule has 0 saturated heterocycles. The fraction of sp³-hybridized carbons (Fsp3) is 0.120. The maximum absolute atomic E-state index is 13.0. The van der Waals surface area contributed by atoms with E-state index in [1.165, 1.54) is 28.6 Å². The van der Waals surface area contributed by atoms with Crippen molar-refractivity contribution in [1.29, 1.82) is 0 Å². The number of hydrogen-bond donors (Lipinski definition) is 2. The van der Waals surface area contributed by atoms with E-state index < -0.39 is 5.91 Å². The Bertz CT molecular complexity index is 1370. The Morgan fingerprint density at radius 1 is 0.882 bits per heavy atom. The van der Waals surface area contributed by atoms with E-state index in [9.17, 15) is 18.8 Å². The highest BCUT2D eigenvalue weighted by Gasteiger charge is 2.17. The van der Waals surface area contributed by atoms with Gasteiger partial charge in [0.05, 0.1) is 11.9 Å². The molecule has 3 aromatic carbocycles. The Morgan fingerprint density at radius 3 is 2.29 bits per heavy atom. The van der Waals surface area contributed by atoms with Crippen LogP contribution in [0.1, 0.15) is 22.5 Å². The third-order valence-corrected chi connectivity index (χ3v) is 6.00. The van der Waals surface area contributed by atoms with Gasteiger partial charge in [0.15, 0.2) is 5.69 Å². The smallest absolute Gasteiger partial charge is 0.273 e. The molecule has 0 atom stereocenters. The first-order valence-electron chi connectivity index (χ1n) is 10.5. The molecule has 0 bridgehead atoms. The standard InChI is InChI=1S/C25H21FN4O3S/c26-18-10-12-19(13-11-18)34-15-14-22(31)27-28-24(32)23-20-8-4-5-9-21(20)25(33)30(29-23)16-17-6-2-1-3-7-17/h1-13H,14-16H2,(H,27,31)(H,28,32). The van der Waals surface area contributed by atoms with Crippen LogP contribution in [0.2, 0.25) is 0 Å². The highest BCUT2D eigenvalue weighted by atomic mass is 32.2. The molecule has 7 nitrogen and oxygen atoms in total. The van der Waals surface area contributed by atoms with E-state index in [2.05, 4.69) is 16.0 Å². The second kappa shape index (κ2) is 10.8. The lowest BCUT2D eigenvalue weighted by atomic mass is 10.1. The molecule has 9 heteroatoms. The third-order valence-electron chi connectivity index (χ3n) is 4.98. The highest BCUT2D eigenvalue weighted by molar-refractivity contribution is 7.99. The molecule has 0 aliphatic heterocycles. The predicted octanol–water partition coefficient (Wildman–Crippen LogP) is 3.53. The van der Waals surface area contributed by atoms with Crippen LogP contribution in [-0.4, -0.2) is 27.3 Å². The third kappa shape index (κ3) is 5.68. The summed E-state index contributed by atoms with van der Waals surface area (Å²) in [6, 6.07) is 22.1. The van der Waals surface area contributed by atoms with Crippen LogP contribution in [0.5, 0.6) is 0 Å². The number of carbonyl (C=O) groups excluding carboxylic acids is 2. The van der Waals surface area contributed by atoms with Gasteiger partial charge in [0.2, 0.25) is 5.91 Å². The second-order valence-corrected chi connectivity index (χ2v) is 8.57. The molecule has 34 heavy (non-hydrogen) atoms. The van der Waals surface area contributed by atoms with Crippen LogP contribution in [0.3, 0.4) is 0 Å². The summed E-state index contributed by atoms with van der Waals surface area (Å²) in [5.41, 5.74) is 5.36. The molecule has 0 aliphatic rings. The van der Waals surface area contributed by atoms with E-state index in [0.717, 1.165) is 10.5 Å². The Balaban J connectivity index is 1.44. The first kappa shape index (κ1) is 23.2. The van der Waals surface area contributed by atoms with Gasteiger partial charge in [-0.2, -0.15) is 5.10 Å². The number of thioether (sulfide) groups is 1. The summed E-state index contributed by atoms with van der Waals surface area (Å²) in [5.74, 6) is -0.875. The number of benzene rings is 3. The minimum atomic E-state index is -0.627. The maximum Gasteiger partial charge on any atom is 0.290 e. The van der Waals surface area contributed by atoms with E-state index in [1.807, 2.05) is 30.3 Å². The first-order valence-corrected chi connectivity index (χ1v) is 11.5. The van der Waals surface area contributed by atoms with Crippen molar-refractivity contribution in [2.24, 2.45) is 0 Å². The number of fused-ring (bicyclic) bond motifs is 1. The molecular weight excluding hydrogens is 455 g/mol. The number of carbonyl (C=O) groups is 2. The van der Waals surface area contributed by atoms with Gasteiger partial charge in [-0.05, 0) is 35.9 Å². The number of aromatic nitrogens is 2. The van der Waals surface area contributed by atoms with Crippen molar-refractivity contribution >= 4 is 34.3 Å². The topological polar surface area (TPSA) is 93.1 Å². The van der Waals surface area contributed by atoms with Crippen molar-refractivity contribution in [3.05, 3.63) is 106 Å². The Hall–Kier alpha value is -3.98. The number of halogens is 1. The summed E-state index contributed by atoms with van der Waals surface area (Å²) >= 11 is 1.40. The van der Waals surface area contributed by atoms with Crippen molar-refractivity contribution in [2.45, 2.75) is 17.9 Å². The number of nitrogens with one attached hydrogen (secondary N) is 2. The van der Waals surface area contributed by atoms with Crippen LogP contribution in [0.15, 0.2) is 88.6 Å². The SMILES string of the molecule is O=C(CCSc1ccc(F)cc1)NNC(=O)c1nn(Cc2ccccc2)c(=O)c2ccccc12. The van der Waals surface area contributed by atoms with Crippen LogP contribution in [0, 0.1) is 5.82 Å². The lowest BCUT2D eigenvalue weighted by Gasteiger charge is -2.12. The largest absolute Gasteiger partial charge is 0.290 e. The monoisotopic (exact) mass is 476 g/mol. The fourth-order valence-corrected chi connectivity index (χ4v) is 4.16. The molecule has 0 unspecified atom stereocenters. The summed E-state index contributed by atoms with van der Waals surface area (Å²) < 4.78 is 14.2. The van der Waals surface area contributed by atoms with Gasteiger partial charge in [-0.3, -0.25) is 25.2 Å². The summed E-state index contributed by atoms with van der Waals surface area (Å²) in [4.78, 5) is 38.8.